The topological polar surface area (TPSA) is 0 Å². The summed E-state index contributed by atoms with van der Waals surface area (Å²) in [4.78, 5) is 0. The lowest BCUT2D eigenvalue weighted by Crippen LogP contribution is -2.31. The highest BCUT2D eigenvalue weighted by Crippen LogP contribution is 2.36. The van der Waals surface area contributed by atoms with Gasteiger partial charge in [0.2, 0.25) is 0 Å². The van der Waals surface area contributed by atoms with Gasteiger partial charge in [-0.05, 0) is 37.0 Å². The van der Waals surface area contributed by atoms with Crippen molar-refractivity contribution in [1.29, 1.82) is 0 Å². The van der Waals surface area contributed by atoms with Gasteiger partial charge in [-0.1, -0.05) is 45.4 Å². The summed E-state index contributed by atoms with van der Waals surface area (Å²) in [5, 5.41) is 0. The molecule has 2 fully saturated rings. The van der Waals surface area contributed by atoms with E-state index in [-0.39, 0.29) is 5.92 Å². The Morgan fingerprint density at radius 2 is 1.59 bits per heavy atom. The van der Waals surface area contributed by atoms with E-state index in [1.807, 2.05) is 0 Å². The molecule has 2 rings (SSSR count). The first-order valence-corrected chi connectivity index (χ1v) is 7.45. The Morgan fingerprint density at radius 1 is 0.882 bits per heavy atom. The molecule has 2 saturated carbocycles. The van der Waals surface area contributed by atoms with Crippen LogP contribution in [0, 0.1) is 17.8 Å². The average Bonchev–Trinajstić information content (AvgIpc) is 2.33. The van der Waals surface area contributed by atoms with Crippen LogP contribution in [0.4, 0.5) is 8.78 Å². The number of hydrogen-bond donors (Lipinski definition) is 0. The van der Waals surface area contributed by atoms with Crippen molar-refractivity contribution < 1.29 is 8.78 Å². The largest absolute Gasteiger partial charge is 0.244 e. The molecule has 2 heteroatoms. The van der Waals surface area contributed by atoms with Crippen molar-refractivity contribution in [3.8, 4) is 0 Å². The molecular formula is C15H26F2. The van der Waals surface area contributed by atoms with E-state index >= 15 is 0 Å². The average molecular weight is 244 g/mol. The Kier molecular flexibility index (Phi) is 4.81. The first-order valence-electron chi connectivity index (χ1n) is 7.45. The van der Waals surface area contributed by atoms with Gasteiger partial charge in [0.05, 0.1) is 0 Å². The molecule has 0 saturated heterocycles. The molecule has 0 aromatic rings. The molecule has 0 heterocycles. The summed E-state index contributed by atoms with van der Waals surface area (Å²) in [6.45, 7) is 2.32. The Morgan fingerprint density at radius 3 is 2.29 bits per heavy atom. The van der Waals surface area contributed by atoms with E-state index in [4.69, 9.17) is 0 Å². The lowest BCUT2D eigenvalue weighted by Gasteiger charge is -2.31. The summed E-state index contributed by atoms with van der Waals surface area (Å²) in [7, 11) is 0. The molecule has 0 amide bonds. The van der Waals surface area contributed by atoms with Crippen LogP contribution in [0.2, 0.25) is 0 Å². The molecular weight excluding hydrogens is 218 g/mol. The highest BCUT2D eigenvalue weighted by Gasteiger charge is 2.33. The van der Waals surface area contributed by atoms with E-state index in [1.54, 1.807) is 0 Å². The molecule has 100 valence electrons. The molecule has 3 atom stereocenters. The zero-order valence-electron chi connectivity index (χ0n) is 11.0. The van der Waals surface area contributed by atoms with Crippen LogP contribution in [0.15, 0.2) is 0 Å². The molecule has 0 radical (unpaired) electrons. The van der Waals surface area contributed by atoms with Crippen LogP contribution in [-0.4, -0.2) is 12.3 Å². The summed E-state index contributed by atoms with van der Waals surface area (Å²) in [6.07, 6.45) is 7.21. The first kappa shape index (κ1) is 13.3. The summed E-state index contributed by atoms with van der Waals surface area (Å²) >= 11 is 0. The molecule has 2 aliphatic carbocycles. The number of alkyl halides is 2. The van der Waals surface area contributed by atoms with Gasteiger partial charge in [0.1, 0.15) is 12.3 Å². The van der Waals surface area contributed by atoms with Gasteiger partial charge in [-0.25, -0.2) is 8.78 Å². The molecule has 3 unspecified atom stereocenters. The summed E-state index contributed by atoms with van der Waals surface area (Å²) in [5.41, 5.74) is 0. The maximum absolute atomic E-state index is 13.7. The van der Waals surface area contributed by atoms with Gasteiger partial charge in [0.15, 0.2) is 0 Å². The minimum Gasteiger partial charge on any atom is -0.244 e. The van der Waals surface area contributed by atoms with Crippen molar-refractivity contribution in [2.45, 2.75) is 77.1 Å². The maximum Gasteiger partial charge on any atom is 0.134 e. The zero-order chi connectivity index (χ0) is 12.3. The lowest BCUT2D eigenvalue weighted by atomic mass is 9.77. The van der Waals surface area contributed by atoms with Gasteiger partial charge in [-0.2, -0.15) is 0 Å². The normalized spacial score (nSPS) is 43.6. The van der Waals surface area contributed by atoms with Gasteiger partial charge >= 0.3 is 0 Å². The van der Waals surface area contributed by atoms with E-state index in [0.29, 0.717) is 6.42 Å². The van der Waals surface area contributed by atoms with E-state index < -0.39 is 12.3 Å². The van der Waals surface area contributed by atoms with Crippen molar-refractivity contribution in [3.63, 3.8) is 0 Å². The fourth-order valence-corrected chi connectivity index (χ4v) is 3.56. The number of hydrogen-bond acceptors (Lipinski definition) is 0. The quantitative estimate of drug-likeness (QED) is 0.650. The predicted molar refractivity (Wildman–Crippen MR) is 67.5 cm³/mol. The summed E-state index contributed by atoms with van der Waals surface area (Å²) < 4.78 is 27.0. The van der Waals surface area contributed by atoms with Gasteiger partial charge in [-0.3, -0.25) is 0 Å². The molecule has 0 nitrogen and oxygen atoms in total. The monoisotopic (exact) mass is 244 g/mol. The van der Waals surface area contributed by atoms with Crippen LogP contribution < -0.4 is 0 Å². The number of halogens is 2. The van der Waals surface area contributed by atoms with Crippen LogP contribution in [0.25, 0.3) is 0 Å². The third-order valence-corrected chi connectivity index (χ3v) is 4.93. The minimum absolute atomic E-state index is 0.0121. The first-order chi connectivity index (χ1) is 8.16. The Hall–Kier alpha value is -0.140. The van der Waals surface area contributed by atoms with Crippen molar-refractivity contribution in [2.75, 3.05) is 0 Å². The third kappa shape index (κ3) is 3.66. The van der Waals surface area contributed by atoms with E-state index in [0.717, 1.165) is 37.5 Å². The highest BCUT2D eigenvalue weighted by molar-refractivity contribution is 4.83. The van der Waals surface area contributed by atoms with E-state index in [2.05, 4.69) is 6.92 Å². The fraction of sp³-hybridized carbons (Fsp3) is 1.00. The second kappa shape index (κ2) is 6.15. The third-order valence-electron chi connectivity index (χ3n) is 4.93. The van der Waals surface area contributed by atoms with Crippen LogP contribution >= 0.6 is 0 Å². The smallest absolute Gasteiger partial charge is 0.134 e. The maximum atomic E-state index is 13.7. The second-order valence-corrected chi connectivity index (χ2v) is 6.35. The molecule has 2 aliphatic rings. The molecule has 0 spiro atoms. The van der Waals surface area contributed by atoms with Crippen LogP contribution in [-0.2, 0) is 0 Å². The lowest BCUT2D eigenvalue weighted by molar-refractivity contribution is 0.0579. The van der Waals surface area contributed by atoms with Crippen molar-refractivity contribution in [2.24, 2.45) is 17.8 Å². The molecule has 0 N–H and O–H groups in total. The Labute approximate surface area is 104 Å². The van der Waals surface area contributed by atoms with Gasteiger partial charge in [0.25, 0.3) is 0 Å². The standard InChI is InChI=1S/C15H26F2/c1-11-5-7-12(8-6-11)9-10-13-3-2-4-14(16)15(13)17/h11-15H,2-10H2,1H3. The number of rotatable bonds is 3. The molecule has 0 aromatic carbocycles. The molecule has 17 heavy (non-hydrogen) atoms. The van der Waals surface area contributed by atoms with E-state index in [1.165, 1.54) is 25.7 Å². The zero-order valence-corrected chi connectivity index (χ0v) is 11.0. The van der Waals surface area contributed by atoms with Gasteiger partial charge in [-0.15, -0.1) is 0 Å². The SMILES string of the molecule is CC1CCC(CCC2CCCC(F)C2F)CC1. The van der Waals surface area contributed by atoms with Crippen LogP contribution in [0.1, 0.15) is 64.7 Å². The highest BCUT2D eigenvalue weighted by atomic mass is 19.2. The van der Waals surface area contributed by atoms with Crippen molar-refractivity contribution in [3.05, 3.63) is 0 Å². The molecule has 0 bridgehead atoms. The van der Waals surface area contributed by atoms with Crippen LogP contribution in [0.3, 0.4) is 0 Å². The minimum atomic E-state index is -1.18. The predicted octanol–water partition coefficient (Wildman–Crippen LogP) is 5.07. The Bertz CT molecular complexity index is 221. The second-order valence-electron chi connectivity index (χ2n) is 6.35. The van der Waals surface area contributed by atoms with Gasteiger partial charge in [0, 0.05) is 0 Å². The summed E-state index contributed by atoms with van der Waals surface area (Å²) in [5.74, 6) is 1.68. The van der Waals surface area contributed by atoms with Crippen molar-refractivity contribution in [1.82, 2.24) is 0 Å². The molecule has 0 aromatic heterocycles. The van der Waals surface area contributed by atoms with Crippen molar-refractivity contribution >= 4 is 0 Å². The molecule has 0 aliphatic heterocycles. The Balaban J connectivity index is 1.70. The van der Waals surface area contributed by atoms with Crippen LogP contribution in [0.5, 0.6) is 0 Å². The van der Waals surface area contributed by atoms with E-state index in [9.17, 15) is 8.78 Å². The summed E-state index contributed by atoms with van der Waals surface area (Å²) in [6, 6.07) is 0. The van der Waals surface area contributed by atoms with Gasteiger partial charge < -0.3 is 0 Å². The fourth-order valence-electron chi connectivity index (χ4n) is 3.56.